The standard InChI is InChI=1S/C13H18O2/c1-2-3-4-5-7-11-8-6-9-13(15)12(11)10-14/h5-9,14-15H,2-4,10H2,1H3/b7-5+. The highest BCUT2D eigenvalue weighted by Gasteiger charge is 2.02. The number of rotatable bonds is 5. The lowest BCUT2D eigenvalue weighted by Crippen LogP contribution is -1.88. The predicted molar refractivity (Wildman–Crippen MR) is 62.6 cm³/mol. The number of aromatic hydroxyl groups is 1. The summed E-state index contributed by atoms with van der Waals surface area (Å²) in [4.78, 5) is 0. The molecular formula is C13H18O2. The average Bonchev–Trinajstić information content (AvgIpc) is 2.24. The van der Waals surface area contributed by atoms with Crippen molar-refractivity contribution in [2.75, 3.05) is 0 Å². The number of hydrogen-bond donors (Lipinski definition) is 2. The molecule has 1 rings (SSSR count). The third-order valence-corrected chi connectivity index (χ3v) is 2.37. The van der Waals surface area contributed by atoms with Crippen molar-refractivity contribution in [2.45, 2.75) is 32.8 Å². The van der Waals surface area contributed by atoms with Gasteiger partial charge in [0.15, 0.2) is 0 Å². The Labute approximate surface area is 90.9 Å². The molecule has 1 aromatic carbocycles. The largest absolute Gasteiger partial charge is 0.508 e. The lowest BCUT2D eigenvalue weighted by molar-refractivity contribution is 0.275. The molecule has 82 valence electrons. The van der Waals surface area contributed by atoms with E-state index in [9.17, 15) is 5.11 Å². The molecule has 0 unspecified atom stereocenters. The maximum absolute atomic E-state index is 9.50. The molecule has 0 saturated heterocycles. The Bertz CT molecular complexity index is 329. The third kappa shape index (κ3) is 3.40. The summed E-state index contributed by atoms with van der Waals surface area (Å²) >= 11 is 0. The van der Waals surface area contributed by atoms with E-state index in [1.54, 1.807) is 12.1 Å². The van der Waals surface area contributed by atoms with Gasteiger partial charge in [-0.2, -0.15) is 0 Å². The van der Waals surface area contributed by atoms with E-state index in [1.807, 2.05) is 12.1 Å². The lowest BCUT2D eigenvalue weighted by Gasteiger charge is -2.04. The fourth-order valence-electron chi connectivity index (χ4n) is 1.45. The van der Waals surface area contributed by atoms with Crippen molar-refractivity contribution in [2.24, 2.45) is 0 Å². The summed E-state index contributed by atoms with van der Waals surface area (Å²) < 4.78 is 0. The molecule has 0 aliphatic carbocycles. The van der Waals surface area contributed by atoms with Crippen molar-refractivity contribution >= 4 is 6.08 Å². The van der Waals surface area contributed by atoms with Crippen LogP contribution in [0.25, 0.3) is 6.08 Å². The van der Waals surface area contributed by atoms with Crippen molar-refractivity contribution in [3.8, 4) is 5.75 Å². The topological polar surface area (TPSA) is 40.5 Å². The van der Waals surface area contributed by atoms with Crippen LogP contribution in [0.4, 0.5) is 0 Å². The second-order valence-corrected chi connectivity index (χ2v) is 3.55. The zero-order valence-corrected chi connectivity index (χ0v) is 9.11. The second kappa shape index (κ2) is 6.25. The van der Waals surface area contributed by atoms with Crippen LogP contribution in [0, 0.1) is 0 Å². The molecule has 0 spiro atoms. The minimum Gasteiger partial charge on any atom is -0.508 e. The van der Waals surface area contributed by atoms with Gasteiger partial charge in [-0.25, -0.2) is 0 Å². The maximum Gasteiger partial charge on any atom is 0.121 e. The Morgan fingerprint density at radius 1 is 1.33 bits per heavy atom. The number of aliphatic hydroxyl groups is 1. The molecule has 2 nitrogen and oxygen atoms in total. The summed E-state index contributed by atoms with van der Waals surface area (Å²) in [7, 11) is 0. The Hall–Kier alpha value is -1.28. The van der Waals surface area contributed by atoms with Crippen molar-refractivity contribution in [1.29, 1.82) is 0 Å². The molecule has 2 heteroatoms. The fourth-order valence-corrected chi connectivity index (χ4v) is 1.45. The molecule has 0 radical (unpaired) electrons. The molecule has 2 N–H and O–H groups in total. The quantitative estimate of drug-likeness (QED) is 0.727. The van der Waals surface area contributed by atoms with Crippen molar-refractivity contribution in [3.63, 3.8) is 0 Å². The summed E-state index contributed by atoms with van der Waals surface area (Å²) in [6, 6.07) is 5.27. The summed E-state index contributed by atoms with van der Waals surface area (Å²) in [6.45, 7) is 2.03. The Kier molecular flexibility index (Phi) is 4.91. The van der Waals surface area contributed by atoms with Gasteiger partial charge in [0.1, 0.15) is 5.75 Å². The highest BCUT2D eigenvalue weighted by atomic mass is 16.3. The van der Waals surface area contributed by atoms with Crippen molar-refractivity contribution in [1.82, 2.24) is 0 Å². The second-order valence-electron chi connectivity index (χ2n) is 3.55. The van der Waals surface area contributed by atoms with E-state index in [-0.39, 0.29) is 12.4 Å². The van der Waals surface area contributed by atoms with Gasteiger partial charge in [0, 0.05) is 5.56 Å². The highest BCUT2D eigenvalue weighted by molar-refractivity contribution is 5.57. The van der Waals surface area contributed by atoms with E-state index >= 15 is 0 Å². The monoisotopic (exact) mass is 206 g/mol. The molecule has 0 aliphatic rings. The van der Waals surface area contributed by atoms with Crippen LogP contribution < -0.4 is 0 Å². The molecule has 0 bridgehead atoms. The zero-order chi connectivity index (χ0) is 11.1. The van der Waals surface area contributed by atoms with Crippen LogP contribution in [-0.2, 0) is 6.61 Å². The molecule has 0 aliphatic heterocycles. The normalized spacial score (nSPS) is 11.1. The van der Waals surface area contributed by atoms with Crippen LogP contribution >= 0.6 is 0 Å². The van der Waals surface area contributed by atoms with Crippen molar-refractivity contribution in [3.05, 3.63) is 35.4 Å². The first-order valence-electron chi connectivity index (χ1n) is 5.37. The van der Waals surface area contributed by atoms with Gasteiger partial charge in [-0.05, 0) is 18.1 Å². The van der Waals surface area contributed by atoms with Gasteiger partial charge >= 0.3 is 0 Å². The van der Waals surface area contributed by atoms with Gasteiger partial charge in [-0.15, -0.1) is 0 Å². The lowest BCUT2D eigenvalue weighted by atomic mass is 10.1. The summed E-state index contributed by atoms with van der Waals surface area (Å²) in [6.07, 6.45) is 7.43. The van der Waals surface area contributed by atoms with Gasteiger partial charge in [0.2, 0.25) is 0 Å². The number of benzene rings is 1. The Balaban J connectivity index is 2.75. The van der Waals surface area contributed by atoms with Gasteiger partial charge in [0.25, 0.3) is 0 Å². The molecule has 1 aromatic rings. The fraction of sp³-hybridized carbons (Fsp3) is 0.385. The summed E-state index contributed by atoms with van der Waals surface area (Å²) in [5, 5.41) is 18.6. The first kappa shape index (κ1) is 11.8. The number of phenols is 1. The van der Waals surface area contributed by atoms with Gasteiger partial charge in [-0.1, -0.05) is 44.1 Å². The molecule has 0 aromatic heterocycles. The number of aliphatic hydroxyl groups excluding tert-OH is 1. The molecule has 0 saturated carbocycles. The first-order chi connectivity index (χ1) is 7.29. The molecule has 0 amide bonds. The zero-order valence-electron chi connectivity index (χ0n) is 9.11. The smallest absolute Gasteiger partial charge is 0.121 e. The van der Waals surface area contributed by atoms with E-state index in [0.717, 1.165) is 12.0 Å². The van der Waals surface area contributed by atoms with Gasteiger partial charge in [0.05, 0.1) is 6.61 Å². The predicted octanol–water partition coefficient (Wildman–Crippen LogP) is 3.09. The molecular weight excluding hydrogens is 188 g/mol. The maximum atomic E-state index is 9.50. The Morgan fingerprint density at radius 2 is 2.13 bits per heavy atom. The van der Waals surface area contributed by atoms with Crippen LogP contribution in [0.3, 0.4) is 0 Å². The van der Waals surface area contributed by atoms with E-state index in [2.05, 4.69) is 13.0 Å². The van der Waals surface area contributed by atoms with E-state index in [1.165, 1.54) is 12.8 Å². The van der Waals surface area contributed by atoms with Crippen LogP contribution in [-0.4, -0.2) is 10.2 Å². The molecule has 0 fully saturated rings. The summed E-state index contributed by atoms with van der Waals surface area (Å²) in [5.74, 6) is 0.162. The number of unbranched alkanes of at least 4 members (excludes halogenated alkanes) is 2. The molecule has 15 heavy (non-hydrogen) atoms. The van der Waals surface area contributed by atoms with E-state index < -0.39 is 0 Å². The minimum absolute atomic E-state index is 0.125. The SMILES string of the molecule is CCCC/C=C/c1cccc(O)c1CO. The van der Waals surface area contributed by atoms with E-state index in [4.69, 9.17) is 5.11 Å². The van der Waals surface area contributed by atoms with E-state index in [0.29, 0.717) is 5.56 Å². The first-order valence-corrected chi connectivity index (χ1v) is 5.37. The third-order valence-electron chi connectivity index (χ3n) is 2.37. The number of allylic oxidation sites excluding steroid dienone is 1. The number of hydrogen-bond acceptors (Lipinski definition) is 2. The van der Waals surface area contributed by atoms with Crippen molar-refractivity contribution < 1.29 is 10.2 Å². The van der Waals surface area contributed by atoms with Crippen LogP contribution in [0.1, 0.15) is 37.3 Å². The molecule has 0 atom stereocenters. The van der Waals surface area contributed by atoms with Crippen LogP contribution in [0.2, 0.25) is 0 Å². The van der Waals surface area contributed by atoms with Gasteiger partial charge in [-0.3, -0.25) is 0 Å². The minimum atomic E-state index is -0.125. The Morgan fingerprint density at radius 3 is 2.80 bits per heavy atom. The van der Waals surface area contributed by atoms with Crippen LogP contribution in [0.15, 0.2) is 24.3 Å². The highest BCUT2D eigenvalue weighted by Crippen LogP contribution is 2.22. The van der Waals surface area contributed by atoms with Crippen LogP contribution in [0.5, 0.6) is 5.75 Å². The summed E-state index contributed by atoms with van der Waals surface area (Å²) in [5.41, 5.74) is 1.50. The average molecular weight is 206 g/mol. The molecule has 0 heterocycles. The van der Waals surface area contributed by atoms with Gasteiger partial charge < -0.3 is 10.2 Å².